The summed E-state index contributed by atoms with van der Waals surface area (Å²) in [7, 11) is 1.50. The maximum absolute atomic E-state index is 11.3. The van der Waals surface area contributed by atoms with Crippen LogP contribution >= 0.6 is 0 Å². The van der Waals surface area contributed by atoms with Crippen LogP contribution in [-0.4, -0.2) is 46.8 Å². The molecule has 0 aliphatic rings. The Bertz CT molecular complexity index is 427. The van der Waals surface area contributed by atoms with E-state index in [1.807, 2.05) is 0 Å². The zero-order chi connectivity index (χ0) is 14.1. The molecule has 1 rings (SSSR count). The monoisotopic (exact) mass is 257 g/mol. The molecule has 18 heavy (non-hydrogen) atoms. The summed E-state index contributed by atoms with van der Waals surface area (Å²) < 4.78 is 5.60. The number of esters is 1. The standard InChI is InChI=1S/C9H10N2O5.CH5N/c1-2-16-9(15)7-3-6(5-12)11(10-7)4-8(13)14;1-2/h3,5H,2,4H2,1H3,(H,13,14);2H2,1H3. The number of hydrogen-bond donors (Lipinski definition) is 2. The lowest BCUT2D eigenvalue weighted by molar-refractivity contribution is -0.137. The average Bonchev–Trinajstić information content (AvgIpc) is 2.74. The summed E-state index contributed by atoms with van der Waals surface area (Å²) in [6.07, 6.45) is 0.429. The van der Waals surface area contributed by atoms with Crippen LogP contribution in [0.1, 0.15) is 27.9 Å². The lowest BCUT2D eigenvalue weighted by Crippen LogP contribution is -2.13. The molecule has 0 radical (unpaired) electrons. The van der Waals surface area contributed by atoms with Gasteiger partial charge in [0.2, 0.25) is 0 Å². The lowest BCUT2D eigenvalue weighted by Gasteiger charge is -1.98. The first kappa shape index (κ1) is 15.8. The zero-order valence-electron chi connectivity index (χ0n) is 10.1. The van der Waals surface area contributed by atoms with Gasteiger partial charge in [0.25, 0.3) is 0 Å². The molecule has 0 bridgehead atoms. The van der Waals surface area contributed by atoms with Crippen molar-refractivity contribution in [3.8, 4) is 0 Å². The Balaban J connectivity index is 0.00000137. The zero-order valence-corrected chi connectivity index (χ0v) is 10.1. The average molecular weight is 257 g/mol. The fourth-order valence-corrected chi connectivity index (χ4v) is 1.09. The third kappa shape index (κ3) is 4.34. The molecule has 3 N–H and O–H groups in total. The third-order valence-corrected chi connectivity index (χ3v) is 1.70. The SMILES string of the molecule is CCOC(=O)c1cc(C=O)n(CC(=O)O)n1.CN. The number of aliphatic carboxylic acids is 1. The van der Waals surface area contributed by atoms with Gasteiger partial charge in [-0.25, -0.2) is 4.79 Å². The number of aldehydes is 1. The van der Waals surface area contributed by atoms with Gasteiger partial charge in [0, 0.05) is 6.07 Å². The number of carboxylic acids is 1. The van der Waals surface area contributed by atoms with Crippen LogP contribution < -0.4 is 5.73 Å². The predicted molar refractivity (Wildman–Crippen MR) is 61.3 cm³/mol. The molecule has 0 spiro atoms. The number of carbonyl (C=O) groups excluding carboxylic acids is 2. The van der Waals surface area contributed by atoms with Gasteiger partial charge in [0.1, 0.15) is 12.2 Å². The second-order valence-electron chi connectivity index (χ2n) is 2.84. The minimum atomic E-state index is -1.15. The Labute approximate surface area is 103 Å². The van der Waals surface area contributed by atoms with E-state index in [4.69, 9.17) is 5.11 Å². The number of rotatable bonds is 5. The largest absolute Gasteiger partial charge is 0.480 e. The number of aromatic nitrogens is 2. The molecule has 1 aromatic heterocycles. The third-order valence-electron chi connectivity index (χ3n) is 1.70. The number of nitrogens with zero attached hydrogens (tertiary/aromatic N) is 2. The molecule has 0 aliphatic carbocycles. The number of nitrogens with two attached hydrogens (primary N) is 1. The predicted octanol–water partition coefficient (Wildman–Crippen LogP) is -0.468. The number of carbonyl (C=O) groups is 3. The van der Waals surface area contributed by atoms with E-state index in [0.29, 0.717) is 6.29 Å². The van der Waals surface area contributed by atoms with Crippen LogP contribution in [0.25, 0.3) is 0 Å². The molecule has 0 aromatic carbocycles. The van der Waals surface area contributed by atoms with E-state index in [0.717, 1.165) is 4.68 Å². The summed E-state index contributed by atoms with van der Waals surface area (Å²) in [5.74, 6) is -1.84. The summed E-state index contributed by atoms with van der Waals surface area (Å²) in [4.78, 5) is 32.3. The molecule has 100 valence electrons. The van der Waals surface area contributed by atoms with Crippen LogP contribution in [0.3, 0.4) is 0 Å². The molecule has 8 nitrogen and oxygen atoms in total. The van der Waals surface area contributed by atoms with Gasteiger partial charge < -0.3 is 15.6 Å². The van der Waals surface area contributed by atoms with Crippen molar-refractivity contribution < 1.29 is 24.2 Å². The number of ether oxygens (including phenoxy) is 1. The van der Waals surface area contributed by atoms with Gasteiger partial charge in [0.05, 0.1) is 6.61 Å². The van der Waals surface area contributed by atoms with E-state index >= 15 is 0 Å². The lowest BCUT2D eigenvalue weighted by atomic mass is 10.4. The topological polar surface area (TPSA) is 125 Å². The van der Waals surface area contributed by atoms with Crippen molar-refractivity contribution in [2.45, 2.75) is 13.5 Å². The van der Waals surface area contributed by atoms with E-state index in [2.05, 4.69) is 15.6 Å². The first-order valence-electron chi connectivity index (χ1n) is 5.08. The summed E-state index contributed by atoms with van der Waals surface area (Å²) >= 11 is 0. The van der Waals surface area contributed by atoms with E-state index in [1.54, 1.807) is 6.92 Å². The van der Waals surface area contributed by atoms with E-state index < -0.39 is 18.5 Å². The molecule has 1 heterocycles. The van der Waals surface area contributed by atoms with Crippen LogP contribution in [0.2, 0.25) is 0 Å². The van der Waals surface area contributed by atoms with Gasteiger partial charge in [-0.15, -0.1) is 0 Å². The van der Waals surface area contributed by atoms with E-state index in [9.17, 15) is 14.4 Å². The molecule has 0 saturated carbocycles. The molecule has 0 saturated heterocycles. The normalized spacial score (nSPS) is 9.06. The fourth-order valence-electron chi connectivity index (χ4n) is 1.09. The summed E-state index contributed by atoms with van der Waals surface area (Å²) in [5.41, 5.74) is 4.44. The molecular weight excluding hydrogens is 242 g/mol. The van der Waals surface area contributed by atoms with Crippen molar-refractivity contribution in [3.63, 3.8) is 0 Å². The Morgan fingerprint density at radius 3 is 2.61 bits per heavy atom. The molecule has 8 heteroatoms. The molecule has 0 aliphatic heterocycles. The van der Waals surface area contributed by atoms with Crippen molar-refractivity contribution in [1.29, 1.82) is 0 Å². The Kier molecular flexibility index (Phi) is 6.98. The van der Waals surface area contributed by atoms with Gasteiger partial charge in [-0.2, -0.15) is 5.10 Å². The van der Waals surface area contributed by atoms with Crippen LogP contribution in [0.15, 0.2) is 6.07 Å². The minimum absolute atomic E-state index is 0.0189. The second-order valence-corrected chi connectivity index (χ2v) is 2.84. The van der Waals surface area contributed by atoms with Crippen molar-refractivity contribution in [1.82, 2.24) is 9.78 Å². The second kappa shape index (κ2) is 7.96. The van der Waals surface area contributed by atoms with Crippen LogP contribution in [-0.2, 0) is 16.1 Å². The Morgan fingerprint density at radius 2 is 2.17 bits per heavy atom. The van der Waals surface area contributed by atoms with Crippen LogP contribution in [0.5, 0.6) is 0 Å². The fraction of sp³-hybridized carbons (Fsp3) is 0.400. The van der Waals surface area contributed by atoms with E-state index in [1.165, 1.54) is 13.1 Å². The Hall–Kier alpha value is -2.22. The maximum Gasteiger partial charge on any atom is 0.358 e. The maximum atomic E-state index is 11.3. The highest BCUT2D eigenvalue weighted by molar-refractivity contribution is 5.89. The first-order chi connectivity index (χ1) is 8.58. The molecular formula is C10H15N3O5. The summed E-state index contributed by atoms with van der Waals surface area (Å²) in [5, 5.41) is 12.2. The van der Waals surface area contributed by atoms with Gasteiger partial charge in [-0.3, -0.25) is 14.3 Å². The van der Waals surface area contributed by atoms with Crippen molar-refractivity contribution >= 4 is 18.2 Å². The molecule has 0 unspecified atom stereocenters. The highest BCUT2D eigenvalue weighted by Crippen LogP contribution is 2.04. The summed E-state index contributed by atoms with van der Waals surface area (Å²) in [6, 6.07) is 1.19. The molecule has 0 fully saturated rings. The molecule has 0 atom stereocenters. The van der Waals surface area contributed by atoms with Crippen molar-refractivity contribution in [3.05, 3.63) is 17.5 Å². The smallest absolute Gasteiger partial charge is 0.358 e. The van der Waals surface area contributed by atoms with E-state index in [-0.39, 0.29) is 18.0 Å². The molecule has 0 amide bonds. The first-order valence-corrected chi connectivity index (χ1v) is 5.08. The van der Waals surface area contributed by atoms with Gasteiger partial charge >= 0.3 is 11.9 Å². The van der Waals surface area contributed by atoms with Gasteiger partial charge in [-0.1, -0.05) is 0 Å². The number of carboxylic acid groups (broad SMARTS) is 1. The van der Waals surface area contributed by atoms with Crippen molar-refractivity contribution in [2.75, 3.05) is 13.7 Å². The van der Waals surface area contributed by atoms with Gasteiger partial charge in [0.15, 0.2) is 12.0 Å². The van der Waals surface area contributed by atoms with Crippen molar-refractivity contribution in [2.24, 2.45) is 5.73 Å². The number of hydrogen-bond acceptors (Lipinski definition) is 6. The quantitative estimate of drug-likeness (QED) is 0.539. The summed E-state index contributed by atoms with van der Waals surface area (Å²) in [6.45, 7) is 1.33. The minimum Gasteiger partial charge on any atom is -0.480 e. The highest BCUT2D eigenvalue weighted by atomic mass is 16.5. The van der Waals surface area contributed by atoms with Crippen LogP contribution in [0, 0.1) is 0 Å². The van der Waals surface area contributed by atoms with Gasteiger partial charge in [-0.05, 0) is 14.0 Å². The molecule has 1 aromatic rings. The Morgan fingerprint density at radius 1 is 1.56 bits per heavy atom. The van der Waals surface area contributed by atoms with Crippen LogP contribution in [0.4, 0.5) is 0 Å². The highest BCUT2D eigenvalue weighted by Gasteiger charge is 2.16.